The normalized spacial score (nSPS) is 17.6. The van der Waals surface area contributed by atoms with Gasteiger partial charge in [-0.25, -0.2) is 4.79 Å². The van der Waals surface area contributed by atoms with Gasteiger partial charge in [0.25, 0.3) is 0 Å². The van der Waals surface area contributed by atoms with Gasteiger partial charge in [0, 0.05) is 22.5 Å². The van der Waals surface area contributed by atoms with Gasteiger partial charge in [0.05, 0.1) is 0 Å². The Morgan fingerprint density at radius 2 is 2.00 bits per heavy atom. The van der Waals surface area contributed by atoms with Gasteiger partial charge >= 0.3 is 6.03 Å². The molecule has 1 aromatic carbocycles. The highest BCUT2D eigenvalue weighted by molar-refractivity contribution is 9.10. The van der Waals surface area contributed by atoms with Gasteiger partial charge in [-0.2, -0.15) is 0 Å². The monoisotopic (exact) mass is 324 g/mol. The third kappa shape index (κ3) is 3.30. The fraction of sp³-hybridized carbons (Fsp3) is 0.533. The van der Waals surface area contributed by atoms with E-state index in [-0.39, 0.29) is 17.5 Å². The Labute approximate surface area is 123 Å². The molecule has 0 saturated heterocycles. The molecule has 2 N–H and O–H groups in total. The molecule has 3 nitrogen and oxygen atoms in total. The van der Waals surface area contributed by atoms with E-state index in [9.17, 15) is 4.79 Å². The summed E-state index contributed by atoms with van der Waals surface area (Å²) in [6.07, 6.45) is 3.24. The Morgan fingerprint density at radius 3 is 2.53 bits per heavy atom. The van der Waals surface area contributed by atoms with E-state index in [1.54, 1.807) is 0 Å². The Bertz CT molecular complexity index is 440. The zero-order valence-corrected chi connectivity index (χ0v) is 13.1. The van der Waals surface area contributed by atoms with Crippen LogP contribution in [0.4, 0.5) is 4.79 Å². The number of hydrogen-bond donors (Lipinski definition) is 2. The zero-order valence-electron chi connectivity index (χ0n) is 11.5. The third-order valence-corrected chi connectivity index (χ3v) is 4.45. The van der Waals surface area contributed by atoms with Crippen LogP contribution in [0.15, 0.2) is 28.7 Å². The van der Waals surface area contributed by atoms with Crippen molar-refractivity contribution in [2.45, 2.75) is 44.6 Å². The van der Waals surface area contributed by atoms with Crippen LogP contribution in [0.5, 0.6) is 0 Å². The fourth-order valence-corrected chi connectivity index (χ4v) is 2.78. The van der Waals surface area contributed by atoms with E-state index in [1.165, 1.54) is 5.56 Å². The molecule has 1 saturated carbocycles. The predicted molar refractivity (Wildman–Crippen MR) is 81.3 cm³/mol. The number of carbonyl (C=O) groups is 1. The predicted octanol–water partition coefficient (Wildman–Crippen LogP) is 3.58. The molecule has 2 rings (SSSR count). The van der Waals surface area contributed by atoms with Crippen molar-refractivity contribution in [2.75, 3.05) is 6.54 Å². The maximum Gasteiger partial charge on any atom is 0.315 e. The minimum atomic E-state index is -0.0577. The van der Waals surface area contributed by atoms with Crippen LogP contribution in [0.3, 0.4) is 0 Å². The van der Waals surface area contributed by atoms with Crippen LogP contribution >= 0.6 is 15.9 Å². The Kier molecular flexibility index (Phi) is 4.50. The molecule has 1 unspecified atom stereocenters. The molecule has 0 aliphatic heterocycles. The topological polar surface area (TPSA) is 41.1 Å². The number of benzene rings is 1. The minimum absolute atomic E-state index is 0.0577. The average Bonchev–Trinajstić information content (AvgIpc) is 3.18. The molecule has 19 heavy (non-hydrogen) atoms. The van der Waals surface area contributed by atoms with E-state index in [2.05, 4.69) is 57.8 Å². The van der Waals surface area contributed by atoms with Crippen LogP contribution in [-0.4, -0.2) is 18.6 Å². The molecule has 0 bridgehead atoms. The number of amides is 2. The lowest BCUT2D eigenvalue weighted by atomic mass is 9.89. The Balaban J connectivity index is 2.00. The Morgan fingerprint density at radius 1 is 1.37 bits per heavy atom. The van der Waals surface area contributed by atoms with Crippen molar-refractivity contribution in [1.82, 2.24) is 10.6 Å². The molecule has 0 aromatic heterocycles. The highest BCUT2D eigenvalue weighted by Gasteiger charge is 2.49. The fourth-order valence-electron chi connectivity index (χ4n) is 2.51. The summed E-state index contributed by atoms with van der Waals surface area (Å²) in [4.78, 5) is 11.7. The van der Waals surface area contributed by atoms with Gasteiger partial charge in [-0.3, -0.25) is 0 Å². The number of rotatable bonds is 5. The average molecular weight is 325 g/mol. The van der Waals surface area contributed by atoms with Crippen molar-refractivity contribution in [3.63, 3.8) is 0 Å². The summed E-state index contributed by atoms with van der Waals surface area (Å²) in [6.45, 7) is 4.87. The maximum atomic E-state index is 11.7. The lowest BCUT2D eigenvalue weighted by Gasteiger charge is -2.25. The summed E-state index contributed by atoms with van der Waals surface area (Å²) < 4.78 is 1.09. The number of carbonyl (C=O) groups excluding carboxylic acids is 1. The van der Waals surface area contributed by atoms with Gasteiger partial charge in [0.1, 0.15) is 0 Å². The summed E-state index contributed by atoms with van der Waals surface area (Å²) >= 11 is 3.46. The highest BCUT2D eigenvalue weighted by atomic mass is 79.9. The van der Waals surface area contributed by atoms with Crippen LogP contribution in [0.25, 0.3) is 0 Å². The van der Waals surface area contributed by atoms with Gasteiger partial charge in [-0.05, 0) is 43.9 Å². The first kappa shape index (κ1) is 14.4. The lowest BCUT2D eigenvalue weighted by molar-refractivity contribution is 0.235. The first-order valence-electron chi connectivity index (χ1n) is 6.89. The first-order chi connectivity index (χ1) is 9.08. The summed E-state index contributed by atoms with van der Waals surface area (Å²) in [6, 6.07) is 8.54. The van der Waals surface area contributed by atoms with Crippen LogP contribution in [0.2, 0.25) is 0 Å². The number of nitrogens with one attached hydrogen (secondary N) is 2. The van der Waals surface area contributed by atoms with E-state index in [4.69, 9.17) is 0 Å². The van der Waals surface area contributed by atoms with Gasteiger partial charge in [-0.15, -0.1) is 0 Å². The molecule has 1 atom stereocenters. The lowest BCUT2D eigenvalue weighted by Crippen LogP contribution is -2.46. The number of hydrogen-bond acceptors (Lipinski definition) is 1. The van der Waals surface area contributed by atoms with Crippen molar-refractivity contribution in [3.05, 3.63) is 34.3 Å². The Hall–Kier alpha value is -1.03. The summed E-state index contributed by atoms with van der Waals surface area (Å²) in [5.74, 6) is 0. The SMILES string of the molecule is CCCNC(=O)NC(C)C1(c2ccc(Br)cc2)CC1. The summed E-state index contributed by atoms with van der Waals surface area (Å²) in [7, 11) is 0. The third-order valence-electron chi connectivity index (χ3n) is 3.92. The molecule has 2 amide bonds. The van der Waals surface area contributed by atoms with Crippen molar-refractivity contribution in [3.8, 4) is 0 Å². The van der Waals surface area contributed by atoms with Crippen molar-refractivity contribution >= 4 is 22.0 Å². The zero-order chi connectivity index (χ0) is 13.9. The largest absolute Gasteiger partial charge is 0.338 e. The van der Waals surface area contributed by atoms with Crippen LogP contribution in [0.1, 0.15) is 38.7 Å². The first-order valence-corrected chi connectivity index (χ1v) is 7.68. The van der Waals surface area contributed by atoms with Gasteiger partial charge in [-0.1, -0.05) is 35.0 Å². The summed E-state index contributed by atoms with van der Waals surface area (Å²) in [5.41, 5.74) is 1.45. The van der Waals surface area contributed by atoms with Crippen molar-refractivity contribution < 1.29 is 4.79 Å². The van der Waals surface area contributed by atoms with Gasteiger partial charge in [0.2, 0.25) is 0 Å². The summed E-state index contributed by atoms with van der Waals surface area (Å²) in [5, 5.41) is 5.93. The minimum Gasteiger partial charge on any atom is -0.338 e. The van der Waals surface area contributed by atoms with Gasteiger partial charge in [0.15, 0.2) is 0 Å². The van der Waals surface area contributed by atoms with Gasteiger partial charge < -0.3 is 10.6 Å². The van der Waals surface area contributed by atoms with Crippen LogP contribution in [-0.2, 0) is 5.41 Å². The van der Waals surface area contributed by atoms with E-state index in [0.717, 1.165) is 30.3 Å². The van der Waals surface area contributed by atoms with E-state index in [0.29, 0.717) is 0 Å². The van der Waals surface area contributed by atoms with E-state index in [1.807, 2.05) is 6.92 Å². The molecule has 0 radical (unpaired) electrons. The molecule has 0 spiro atoms. The molecule has 104 valence electrons. The molecule has 1 aliphatic rings. The van der Waals surface area contributed by atoms with Crippen LogP contribution in [0, 0.1) is 0 Å². The van der Waals surface area contributed by atoms with Crippen molar-refractivity contribution in [1.29, 1.82) is 0 Å². The van der Waals surface area contributed by atoms with E-state index >= 15 is 0 Å². The molecular weight excluding hydrogens is 304 g/mol. The van der Waals surface area contributed by atoms with E-state index < -0.39 is 0 Å². The smallest absolute Gasteiger partial charge is 0.315 e. The molecule has 0 heterocycles. The second-order valence-electron chi connectivity index (χ2n) is 5.28. The maximum absolute atomic E-state index is 11.7. The standard InChI is InChI=1S/C15H21BrN2O/c1-3-10-17-14(19)18-11(2)15(8-9-15)12-4-6-13(16)7-5-12/h4-7,11H,3,8-10H2,1-2H3,(H2,17,18,19). The molecule has 1 fully saturated rings. The molecular formula is C15H21BrN2O. The van der Waals surface area contributed by atoms with Crippen molar-refractivity contribution in [2.24, 2.45) is 0 Å². The number of halogens is 1. The highest BCUT2D eigenvalue weighted by Crippen LogP contribution is 2.51. The van der Waals surface area contributed by atoms with Crippen LogP contribution < -0.4 is 10.6 Å². The number of urea groups is 1. The quantitative estimate of drug-likeness (QED) is 0.854. The molecule has 4 heteroatoms. The molecule has 1 aromatic rings. The second-order valence-corrected chi connectivity index (χ2v) is 6.20. The second kappa shape index (κ2) is 5.95. The molecule has 1 aliphatic carbocycles.